The molecule has 0 aromatic heterocycles. The van der Waals surface area contributed by atoms with Gasteiger partial charge in [0.1, 0.15) is 5.82 Å². The maximum absolute atomic E-state index is 13.1. The van der Waals surface area contributed by atoms with Crippen LogP contribution in [-0.4, -0.2) is 11.9 Å². The molecule has 19 heavy (non-hydrogen) atoms. The third kappa shape index (κ3) is 3.13. The van der Waals surface area contributed by atoms with E-state index in [0.29, 0.717) is 25.0 Å². The molecule has 0 spiro atoms. The monoisotopic (exact) mass is 273 g/mol. The Kier molecular flexibility index (Phi) is 3.59. The SMILES string of the molecule is O=C(NC1CC=CC1)c1ccc(F)c(C(F)(F)F)c1. The van der Waals surface area contributed by atoms with Crippen LogP contribution in [0.15, 0.2) is 30.4 Å². The van der Waals surface area contributed by atoms with Crippen LogP contribution in [-0.2, 0) is 6.18 Å². The van der Waals surface area contributed by atoms with E-state index in [1.807, 2.05) is 12.2 Å². The average molecular weight is 273 g/mol. The first-order chi connectivity index (χ1) is 8.88. The van der Waals surface area contributed by atoms with Gasteiger partial charge < -0.3 is 5.32 Å². The lowest BCUT2D eigenvalue weighted by Gasteiger charge is -2.13. The normalized spacial score (nSPS) is 15.8. The van der Waals surface area contributed by atoms with Crippen LogP contribution in [0.2, 0.25) is 0 Å². The topological polar surface area (TPSA) is 29.1 Å². The Bertz CT molecular complexity index is 514. The smallest absolute Gasteiger partial charge is 0.349 e. The van der Waals surface area contributed by atoms with E-state index in [2.05, 4.69) is 5.32 Å². The number of hydrogen-bond acceptors (Lipinski definition) is 1. The minimum atomic E-state index is -4.81. The molecule has 2 nitrogen and oxygen atoms in total. The second-order valence-electron chi connectivity index (χ2n) is 4.31. The number of rotatable bonds is 2. The molecule has 1 aliphatic carbocycles. The predicted molar refractivity (Wildman–Crippen MR) is 61.0 cm³/mol. The standard InChI is InChI=1S/C13H11F4NO/c14-11-6-5-8(7-10(11)13(15,16)17)12(19)18-9-3-1-2-4-9/h1-2,5-7,9H,3-4H2,(H,18,19). The number of benzene rings is 1. The Morgan fingerprint density at radius 1 is 1.21 bits per heavy atom. The van der Waals surface area contributed by atoms with E-state index in [-0.39, 0.29) is 11.6 Å². The number of hydrogen-bond donors (Lipinski definition) is 1. The lowest BCUT2D eigenvalue weighted by Crippen LogP contribution is -2.33. The van der Waals surface area contributed by atoms with Crippen molar-refractivity contribution in [3.8, 4) is 0 Å². The Hall–Kier alpha value is -1.85. The van der Waals surface area contributed by atoms with Gasteiger partial charge in [0.05, 0.1) is 5.56 Å². The van der Waals surface area contributed by atoms with Crippen LogP contribution in [0, 0.1) is 5.82 Å². The molecule has 0 fully saturated rings. The summed E-state index contributed by atoms with van der Waals surface area (Å²) in [6, 6.07) is 2.13. The fourth-order valence-corrected chi connectivity index (χ4v) is 1.89. The van der Waals surface area contributed by atoms with E-state index >= 15 is 0 Å². The van der Waals surface area contributed by atoms with Gasteiger partial charge in [-0.05, 0) is 31.0 Å². The summed E-state index contributed by atoms with van der Waals surface area (Å²) in [6.07, 6.45) is 0.265. The van der Waals surface area contributed by atoms with Crippen molar-refractivity contribution in [1.29, 1.82) is 0 Å². The first-order valence-electron chi connectivity index (χ1n) is 5.70. The van der Waals surface area contributed by atoms with Crippen LogP contribution < -0.4 is 5.32 Å². The molecule has 1 N–H and O–H groups in total. The fourth-order valence-electron chi connectivity index (χ4n) is 1.89. The Morgan fingerprint density at radius 2 is 1.84 bits per heavy atom. The van der Waals surface area contributed by atoms with Crippen molar-refractivity contribution in [2.45, 2.75) is 25.1 Å². The lowest BCUT2D eigenvalue weighted by atomic mass is 10.1. The molecule has 0 radical (unpaired) electrons. The molecule has 1 aromatic rings. The summed E-state index contributed by atoms with van der Waals surface area (Å²) < 4.78 is 50.6. The molecule has 0 aliphatic heterocycles. The molecule has 2 rings (SSSR count). The van der Waals surface area contributed by atoms with Gasteiger partial charge in [0.15, 0.2) is 0 Å². The minimum Gasteiger partial charge on any atom is -0.349 e. The predicted octanol–water partition coefficient (Wildman–Crippen LogP) is 3.29. The summed E-state index contributed by atoms with van der Waals surface area (Å²) in [5.74, 6) is -2.01. The van der Waals surface area contributed by atoms with Gasteiger partial charge >= 0.3 is 6.18 Å². The maximum Gasteiger partial charge on any atom is 0.419 e. The van der Waals surface area contributed by atoms with E-state index in [0.717, 1.165) is 6.07 Å². The zero-order chi connectivity index (χ0) is 14.0. The van der Waals surface area contributed by atoms with Crippen molar-refractivity contribution in [3.05, 3.63) is 47.3 Å². The zero-order valence-corrected chi connectivity index (χ0v) is 9.80. The largest absolute Gasteiger partial charge is 0.419 e. The third-order valence-corrected chi connectivity index (χ3v) is 2.88. The molecule has 102 valence electrons. The second-order valence-corrected chi connectivity index (χ2v) is 4.31. The minimum absolute atomic E-state index is 0.105. The van der Waals surface area contributed by atoms with Crippen LogP contribution in [0.25, 0.3) is 0 Å². The van der Waals surface area contributed by atoms with E-state index in [1.54, 1.807) is 0 Å². The fraction of sp³-hybridized carbons (Fsp3) is 0.308. The molecule has 0 bridgehead atoms. The molecule has 1 aliphatic rings. The third-order valence-electron chi connectivity index (χ3n) is 2.88. The van der Waals surface area contributed by atoms with Gasteiger partial charge in [0, 0.05) is 11.6 Å². The highest BCUT2D eigenvalue weighted by Crippen LogP contribution is 2.31. The Labute approximate surface area is 107 Å². The van der Waals surface area contributed by atoms with Crippen molar-refractivity contribution in [3.63, 3.8) is 0 Å². The van der Waals surface area contributed by atoms with E-state index < -0.39 is 23.5 Å². The van der Waals surface area contributed by atoms with Crippen LogP contribution in [0.4, 0.5) is 17.6 Å². The van der Waals surface area contributed by atoms with Gasteiger partial charge in [-0.2, -0.15) is 13.2 Å². The van der Waals surface area contributed by atoms with Gasteiger partial charge in [0.25, 0.3) is 5.91 Å². The summed E-state index contributed by atoms with van der Waals surface area (Å²) in [5, 5.41) is 2.60. The van der Waals surface area contributed by atoms with Crippen molar-refractivity contribution in [1.82, 2.24) is 5.32 Å². The Morgan fingerprint density at radius 3 is 2.42 bits per heavy atom. The van der Waals surface area contributed by atoms with E-state index in [9.17, 15) is 22.4 Å². The summed E-state index contributed by atoms with van der Waals surface area (Å²) >= 11 is 0. The summed E-state index contributed by atoms with van der Waals surface area (Å²) in [6.45, 7) is 0. The van der Waals surface area contributed by atoms with Gasteiger partial charge in [-0.3, -0.25) is 4.79 Å². The summed E-state index contributed by atoms with van der Waals surface area (Å²) in [7, 11) is 0. The molecule has 1 aromatic carbocycles. The molecule has 0 saturated carbocycles. The number of halogens is 4. The maximum atomic E-state index is 13.1. The Balaban J connectivity index is 2.18. The highest BCUT2D eigenvalue weighted by Gasteiger charge is 2.34. The number of amides is 1. The lowest BCUT2D eigenvalue weighted by molar-refractivity contribution is -0.140. The molecule has 0 heterocycles. The molecule has 0 saturated heterocycles. The molecule has 0 unspecified atom stereocenters. The first kappa shape index (κ1) is 13.6. The molecule has 6 heteroatoms. The van der Waals surface area contributed by atoms with Crippen molar-refractivity contribution >= 4 is 5.91 Å². The number of alkyl halides is 3. The molecular formula is C13H11F4NO. The zero-order valence-electron chi connectivity index (χ0n) is 9.80. The average Bonchev–Trinajstić information content (AvgIpc) is 2.80. The highest BCUT2D eigenvalue weighted by atomic mass is 19.4. The number of carbonyl (C=O) groups excluding carboxylic acids is 1. The van der Waals surface area contributed by atoms with Gasteiger partial charge in [0.2, 0.25) is 0 Å². The van der Waals surface area contributed by atoms with Crippen molar-refractivity contribution < 1.29 is 22.4 Å². The van der Waals surface area contributed by atoms with Gasteiger partial charge in [-0.25, -0.2) is 4.39 Å². The second kappa shape index (κ2) is 5.03. The van der Waals surface area contributed by atoms with E-state index in [1.165, 1.54) is 0 Å². The molecule has 0 atom stereocenters. The van der Waals surface area contributed by atoms with Gasteiger partial charge in [-0.15, -0.1) is 0 Å². The molecular weight excluding hydrogens is 262 g/mol. The van der Waals surface area contributed by atoms with Crippen molar-refractivity contribution in [2.24, 2.45) is 0 Å². The van der Waals surface area contributed by atoms with Crippen LogP contribution in [0.1, 0.15) is 28.8 Å². The van der Waals surface area contributed by atoms with Gasteiger partial charge in [-0.1, -0.05) is 12.2 Å². The summed E-state index contributed by atoms with van der Waals surface area (Å²) in [5.41, 5.74) is -1.62. The number of carbonyl (C=O) groups is 1. The van der Waals surface area contributed by atoms with Crippen molar-refractivity contribution in [2.75, 3.05) is 0 Å². The first-order valence-corrected chi connectivity index (χ1v) is 5.70. The van der Waals surface area contributed by atoms with Crippen LogP contribution >= 0.6 is 0 Å². The number of nitrogens with one attached hydrogen (secondary N) is 1. The summed E-state index contributed by atoms with van der Waals surface area (Å²) in [4.78, 5) is 11.8. The van der Waals surface area contributed by atoms with E-state index in [4.69, 9.17) is 0 Å². The highest BCUT2D eigenvalue weighted by molar-refractivity contribution is 5.94. The molecule has 1 amide bonds. The van der Waals surface area contributed by atoms with Crippen LogP contribution in [0.5, 0.6) is 0 Å². The quantitative estimate of drug-likeness (QED) is 0.650. The van der Waals surface area contributed by atoms with Crippen LogP contribution in [0.3, 0.4) is 0 Å².